The first kappa shape index (κ1) is 19.6. The van der Waals surface area contributed by atoms with Gasteiger partial charge in [-0.2, -0.15) is 0 Å². The predicted octanol–water partition coefficient (Wildman–Crippen LogP) is 1.03. The van der Waals surface area contributed by atoms with Crippen LogP contribution in [0.25, 0.3) is 0 Å². The molecule has 0 unspecified atom stereocenters. The van der Waals surface area contributed by atoms with E-state index in [-0.39, 0.29) is 12.5 Å². The van der Waals surface area contributed by atoms with Gasteiger partial charge in [0, 0.05) is 13.1 Å². The van der Waals surface area contributed by atoms with Crippen LogP contribution in [0, 0.1) is 0 Å². The maximum Gasteiger partial charge on any atom is 0.321 e. The van der Waals surface area contributed by atoms with E-state index < -0.39 is 18.0 Å². The Labute approximate surface area is 142 Å². The summed E-state index contributed by atoms with van der Waals surface area (Å²) in [7, 11) is 0. The number of imide groups is 1. The average molecular weight is 334 g/mol. The molecule has 1 aromatic carbocycles. The van der Waals surface area contributed by atoms with Gasteiger partial charge in [0.2, 0.25) is 11.8 Å². The van der Waals surface area contributed by atoms with Gasteiger partial charge < -0.3 is 10.6 Å². The smallest absolute Gasteiger partial charge is 0.321 e. The van der Waals surface area contributed by atoms with Crippen molar-refractivity contribution in [3.63, 3.8) is 0 Å². The van der Waals surface area contributed by atoms with Crippen LogP contribution in [0.2, 0.25) is 0 Å². The second-order valence-corrected chi connectivity index (χ2v) is 5.18. The van der Waals surface area contributed by atoms with E-state index in [0.717, 1.165) is 5.56 Å². The highest BCUT2D eigenvalue weighted by molar-refractivity contribution is 5.97. The molecular weight excluding hydrogens is 308 g/mol. The van der Waals surface area contributed by atoms with Crippen molar-refractivity contribution in [2.24, 2.45) is 0 Å². The first-order valence-corrected chi connectivity index (χ1v) is 8.17. The minimum Gasteiger partial charge on any atom is -0.355 e. The molecule has 0 aliphatic heterocycles. The van der Waals surface area contributed by atoms with Crippen LogP contribution in [-0.2, 0) is 9.59 Å². The molecule has 1 aromatic rings. The van der Waals surface area contributed by atoms with Gasteiger partial charge in [0.25, 0.3) is 0 Å². The van der Waals surface area contributed by atoms with Crippen molar-refractivity contribution in [3.05, 3.63) is 35.9 Å². The molecule has 132 valence electrons. The number of hydrogen-bond donors (Lipinski definition) is 3. The lowest BCUT2D eigenvalue weighted by atomic mass is 10.0. The highest BCUT2D eigenvalue weighted by atomic mass is 16.2. The van der Waals surface area contributed by atoms with Crippen molar-refractivity contribution in [2.45, 2.75) is 26.8 Å². The zero-order valence-corrected chi connectivity index (χ0v) is 14.5. The van der Waals surface area contributed by atoms with Crippen LogP contribution in [0.4, 0.5) is 4.79 Å². The minimum atomic E-state index is -0.721. The number of benzene rings is 1. The quantitative estimate of drug-likeness (QED) is 0.662. The van der Waals surface area contributed by atoms with Crippen molar-refractivity contribution < 1.29 is 14.4 Å². The van der Waals surface area contributed by atoms with Gasteiger partial charge in [-0.25, -0.2) is 4.79 Å². The van der Waals surface area contributed by atoms with Gasteiger partial charge in [0.1, 0.15) is 6.04 Å². The SMILES string of the molecule is CCNC(=O)CN(CC)[C@@H](C(=O)NC(=O)NCC)c1ccccc1. The third-order valence-electron chi connectivity index (χ3n) is 3.43. The van der Waals surface area contributed by atoms with Gasteiger partial charge in [-0.05, 0) is 26.0 Å². The van der Waals surface area contributed by atoms with E-state index >= 15 is 0 Å². The van der Waals surface area contributed by atoms with E-state index in [2.05, 4.69) is 16.0 Å². The van der Waals surface area contributed by atoms with Crippen molar-refractivity contribution in [3.8, 4) is 0 Å². The third-order valence-corrected chi connectivity index (χ3v) is 3.43. The Hall–Kier alpha value is -2.41. The maximum atomic E-state index is 12.6. The molecule has 4 amide bonds. The zero-order valence-electron chi connectivity index (χ0n) is 14.5. The Morgan fingerprint density at radius 2 is 1.62 bits per heavy atom. The fraction of sp³-hybridized carbons (Fsp3) is 0.471. The summed E-state index contributed by atoms with van der Waals surface area (Å²) in [6, 6.07) is 7.84. The molecule has 0 aromatic heterocycles. The lowest BCUT2D eigenvalue weighted by Gasteiger charge is -2.29. The molecule has 3 N–H and O–H groups in total. The van der Waals surface area contributed by atoms with Crippen LogP contribution in [0.1, 0.15) is 32.4 Å². The van der Waals surface area contributed by atoms with E-state index in [1.807, 2.05) is 44.2 Å². The fourth-order valence-electron chi connectivity index (χ4n) is 2.37. The number of amides is 4. The molecule has 0 saturated heterocycles. The van der Waals surface area contributed by atoms with Crippen LogP contribution in [0.5, 0.6) is 0 Å². The number of nitrogens with one attached hydrogen (secondary N) is 3. The standard InChI is InChI=1S/C17H26N4O3/c1-4-18-14(22)12-21(6-3)15(13-10-8-7-9-11-13)16(23)20-17(24)19-5-2/h7-11,15H,4-6,12H2,1-3H3,(H,18,22)(H2,19,20,23,24)/t15-/m1/s1. The van der Waals surface area contributed by atoms with Gasteiger partial charge in [-0.1, -0.05) is 37.3 Å². The van der Waals surface area contributed by atoms with E-state index in [1.54, 1.807) is 11.8 Å². The zero-order chi connectivity index (χ0) is 17.9. The Kier molecular flexibility index (Phi) is 8.49. The molecule has 24 heavy (non-hydrogen) atoms. The van der Waals surface area contributed by atoms with E-state index in [9.17, 15) is 14.4 Å². The Morgan fingerprint density at radius 1 is 1.00 bits per heavy atom. The second kappa shape index (κ2) is 10.4. The molecule has 1 atom stereocenters. The molecule has 1 rings (SSSR count). The van der Waals surface area contributed by atoms with E-state index in [0.29, 0.717) is 19.6 Å². The summed E-state index contributed by atoms with van der Waals surface area (Å²) in [5.41, 5.74) is 0.727. The third kappa shape index (κ3) is 6.00. The number of hydrogen-bond acceptors (Lipinski definition) is 4. The summed E-state index contributed by atoms with van der Waals surface area (Å²) < 4.78 is 0. The van der Waals surface area contributed by atoms with Gasteiger partial charge >= 0.3 is 6.03 Å². The molecule has 0 aliphatic carbocycles. The number of nitrogens with zero attached hydrogens (tertiary/aromatic N) is 1. The van der Waals surface area contributed by atoms with Gasteiger partial charge in [-0.15, -0.1) is 0 Å². The highest BCUT2D eigenvalue weighted by Crippen LogP contribution is 2.20. The lowest BCUT2D eigenvalue weighted by molar-refractivity contribution is -0.128. The summed E-state index contributed by atoms with van der Waals surface area (Å²) in [5.74, 6) is -0.621. The highest BCUT2D eigenvalue weighted by Gasteiger charge is 2.29. The minimum absolute atomic E-state index is 0.0761. The first-order chi connectivity index (χ1) is 11.5. The molecule has 0 radical (unpaired) electrons. The monoisotopic (exact) mass is 334 g/mol. The van der Waals surface area contributed by atoms with Crippen LogP contribution < -0.4 is 16.0 Å². The normalized spacial score (nSPS) is 11.7. The molecule has 0 fully saturated rings. The molecule has 7 heteroatoms. The molecular formula is C17H26N4O3. The molecule has 0 spiro atoms. The molecule has 0 bridgehead atoms. The Morgan fingerprint density at radius 3 is 2.17 bits per heavy atom. The number of carbonyl (C=O) groups excluding carboxylic acids is 3. The fourth-order valence-corrected chi connectivity index (χ4v) is 2.37. The largest absolute Gasteiger partial charge is 0.355 e. The summed E-state index contributed by atoms with van der Waals surface area (Å²) in [6.07, 6.45) is 0. The second-order valence-electron chi connectivity index (χ2n) is 5.18. The van der Waals surface area contributed by atoms with Gasteiger partial charge in [0.05, 0.1) is 6.54 Å². The Bertz CT molecular complexity index is 548. The number of likely N-dealkylation sites (N-methyl/N-ethyl adjacent to an activating group) is 2. The molecule has 0 heterocycles. The number of carbonyl (C=O) groups is 3. The van der Waals surface area contributed by atoms with Crippen molar-refractivity contribution in [1.29, 1.82) is 0 Å². The van der Waals surface area contributed by atoms with Crippen LogP contribution in [0.3, 0.4) is 0 Å². The number of rotatable bonds is 8. The van der Waals surface area contributed by atoms with Crippen molar-refractivity contribution in [2.75, 3.05) is 26.2 Å². The summed E-state index contributed by atoms with van der Waals surface area (Å²) in [4.78, 5) is 38.0. The van der Waals surface area contributed by atoms with Crippen LogP contribution in [-0.4, -0.2) is 48.9 Å². The predicted molar refractivity (Wildman–Crippen MR) is 92.3 cm³/mol. The maximum absolute atomic E-state index is 12.6. The summed E-state index contributed by atoms with van der Waals surface area (Å²) >= 11 is 0. The number of urea groups is 1. The summed E-state index contributed by atoms with van der Waals surface area (Å²) in [6.45, 7) is 6.99. The van der Waals surface area contributed by atoms with E-state index in [4.69, 9.17) is 0 Å². The van der Waals surface area contributed by atoms with Crippen LogP contribution >= 0.6 is 0 Å². The lowest BCUT2D eigenvalue weighted by Crippen LogP contribution is -2.48. The first-order valence-electron chi connectivity index (χ1n) is 8.17. The van der Waals surface area contributed by atoms with Gasteiger partial charge in [-0.3, -0.25) is 19.8 Å². The topological polar surface area (TPSA) is 90.5 Å². The van der Waals surface area contributed by atoms with Crippen LogP contribution in [0.15, 0.2) is 30.3 Å². The van der Waals surface area contributed by atoms with Crippen molar-refractivity contribution >= 4 is 17.8 Å². The van der Waals surface area contributed by atoms with Crippen molar-refractivity contribution in [1.82, 2.24) is 20.9 Å². The van der Waals surface area contributed by atoms with Gasteiger partial charge in [0.15, 0.2) is 0 Å². The van der Waals surface area contributed by atoms with E-state index in [1.165, 1.54) is 0 Å². The average Bonchev–Trinajstić information content (AvgIpc) is 2.55. The Balaban J connectivity index is 3.01. The summed E-state index contributed by atoms with van der Waals surface area (Å²) in [5, 5.41) is 7.59. The molecule has 0 saturated carbocycles. The molecule has 0 aliphatic rings. The molecule has 7 nitrogen and oxygen atoms in total.